The second-order valence-electron chi connectivity index (χ2n) is 5.81. The van der Waals surface area contributed by atoms with Gasteiger partial charge in [0.25, 0.3) is 0 Å². The molecule has 0 unspecified atom stereocenters. The second kappa shape index (κ2) is 7.77. The van der Waals surface area contributed by atoms with Crippen LogP contribution in [0.2, 0.25) is 0 Å². The number of carbonyl (C=O) groups is 1. The van der Waals surface area contributed by atoms with Crippen LogP contribution >= 0.6 is 11.8 Å². The first kappa shape index (κ1) is 16.9. The summed E-state index contributed by atoms with van der Waals surface area (Å²) in [4.78, 5) is 23.4. The van der Waals surface area contributed by atoms with E-state index >= 15 is 0 Å². The van der Waals surface area contributed by atoms with Gasteiger partial charge in [-0.1, -0.05) is 42.1 Å². The molecule has 1 atom stereocenters. The summed E-state index contributed by atoms with van der Waals surface area (Å²) in [6.45, 7) is 5.62. The normalized spacial score (nSPS) is 17.8. The summed E-state index contributed by atoms with van der Waals surface area (Å²) >= 11 is 1.39. The number of hydrogen-bond donors (Lipinski definition) is 0. The summed E-state index contributed by atoms with van der Waals surface area (Å²) in [5.74, 6) is 0.437. The van der Waals surface area contributed by atoms with E-state index < -0.39 is 0 Å². The molecular weight excluding hydrogens is 322 g/mol. The average molecular weight is 343 g/mol. The number of benzene rings is 1. The molecule has 24 heavy (non-hydrogen) atoms. The van der Waals surface area contributed by atoms with Crippen LogP contribution in [0, 0.1) is 13.8 Å². The molecule has 1 saturated heterocycles. The van der Waals surface area contributed by atoms with Crippen molar-refractivity contribution in [1.82, 2.24) is 14.9 Å². The molecule has 126 valence electrons. The zero-order chi connectivity index (χ0) is 16.9. The Balaban J connectivity index is 1.68. The molecule has 1 aromatic heterocycles. The molecule has 1 aliphatic heterocycles. The third-order valence-corrected chi connectivity index (χ3v) is 4.75. The summed E-state index contributed by atoms with van der Waals surface area (Å²) in [5.41, 5.74) is 2.95. The number of aromatic nitrogens is 2. The SMILES string of the molecule is Cc1cc(C)nc(SCC(=O)N2CCOC[C@H]2c2ccccc2)n1. The van der Waals surface area contributed by atoms with Gasteiger partial charge in [-0.15, -0.1) is 0 Å². The van der Waals surface area contributed by atoms with Gasteiger partial charge in [0.15, 0.2) is 5.16 Å². The molecule has 1 aromatic carbocycles. The number of aryl methyl sites for hydroxylation is 2. The van der Waals surface area contributed by atoms with Crippen LogP contribution in [0.5, 0.6) is 0 Å². The molecular formula is C18H21N3O2S. The highest BCUT2D eigenvalue weighted by Crippen LogP contribution is 2.25. The number of amides is 1. The molecule has 2 heterocycles. The van der Waals surface area contributed by atoms with Crippen molar-refractivity contribution in [3.05, 3.63) is 53.3 Å². The van der Waals surface area contributed by atoms with E-state index in [1.807, 2.05) is 55.1 Å². The van der Waals surface area contributed by atoms with E-state index in [0.717, 1.165) is 17.0 Å². The van der Waals surface area contributed by atoms with Gasteiger partial charge in [-0.3, -0.25) is 4.79 Å². The number of ether oxygens (including phenoxy) is 1. The molecule has 1 fully saturated rings. The standard InChI is InChI=1S/C18H21N3O2S/c1-13-10-14(2)20-18(19-13)24-12-17(22)21-8-9-23-11-16(21)15-6-4-3-5-7-15/h3-7,10,16H,8-9,11-12H2,1-2H3/t16-/m0/s1. The van der Waals surface area contributed by atoms with Crippen LogP contribution in [0.3, 0.4) is 0 Å². The maximum Gasteiger partial charge on any atom is 0.233 e. The minimum absolute atomic E-state index is 0.0202. The van der Waals surface area contributed by atoms with Crippen LogP contribution < -0.4 is 0 Å². The van der Waals surface area contributed by atoms with Crippen LogP contribution in [-0.4, -0.2) is 46.3 Å². The topological polar surface area (TPSA) is 55.3 Å². The molecule has 6 heteroatoms. The quantitative estimate of drug-likeness (QED) is 0.631. The molecule has 0 aliphatic carbocycles. The molecule has 0 N–H and O–H groups in total. The van der Waals surface area contributed by atoms with Gasteiger partial charge in [0.1, 0.15) is 0 Å². The Morgan fingerprint density at radius 1 is 1.25 bits per heavy atom. The van der Waals surface area contributed by atoms with Crippen LogP contribution in [0.25, 0.3) is 0 Å². The molecule has 0 saturated carbocycles. The molecule has 0 spiro atoms. The number of rotatable bonds is 4. The molecule has 1 amide bonds. The van der Waals surface area contributed by atoms with Crippen molar-refractivity contribution < 1.29 is 9.53 Å². The van der Waals surface area contributed by atoms with Gasteiger partial charge in [0, 0.05) is 17.9 Å². The monoisotopic (exact) mass is 343 g/mol. The Kier molecular flexibility index (Phi) is 5.48. The minimum Gasteiger partial charge on any atom is -0.377 e. The second-order valence-corrected chi connectivity index (χ2v) is 6.75. The Morgan fingerprint density at radius 2 is 1.96 bits per heavy atom. The van der Waals surface area contributed by atoms with Crippen LogP contribution in [0.1, 0.15) is 23.0 Å². The van der Waals surface area contributed by atoms with Crippen molar-refractivity contribution in [3.8, 4) is 0 Å². The van der Waals surface area contributed by atoms with Crippen molar-refractivity contribution >= 4 is 17.7 Å². The van der Waals surface area contributed by atoms with Crippen LogP contribution in [0.4, 0.5) is 0 Å². The summed E-state index contributed by atoms with van der Waals surface area (Å²) in [6.07, 6.45) is 0. The summed E-state index contributed by atoms with van der Waals surface area (Å²) < 4.78 is 5.59. The van der Waals surface area contributed by atoms with Gasteiger partial charge >= 0.3 is 0 Å². The van der Waals surface area contributed by atoms with Gasteiger partial charge in [-0.2, -0.15) is 0 Å². The maximum absolute atomic E-state index is 12.7. The van der Waals surface area contributed by atoms with Gasteiger partial charge < -0.3 is 9.64 Å². The fourth-order valence-corrected chi connectivity index (χ4v) is 3.66. The van der Waals surface area contributed by atoms with E-state index in [1.54, 1.807) is 0 Å². The zero-order valence-electron chi connectivity index (χ0n) is 13.9. The number of morpholine rings is 1. The van der Waals surface area contributed by atoms with Crippen molar-refractivity contribution in [3.63, 3.8) is 0 Å². The Labute approximate surface area is 146 Å². The lowest BCUT2D eigenvalue weighted by Gasteiger charge is -2.36. The van der Waals surface area contributed by atoms with Crippen LogP contribution in [0.15, 0.2) is 41.6 Å². The van der Waals surface area contributed by atoms with Gasteiger partial charge in [0.05, 0.1) is 25.0 Å². The Morgan fingerprint density at radius 3 is 2.67 bits per heavy atom. The van der Waals surface area contributed by atoms with E-state index in [2.05, 4.69) is 9.97 Å². The molecule has 5 nitrogen and oxygen atoms in total. The van der Waals surface area contributed by atoms with Crippen LogP contribution in [-0.2, 0) is 9.53 Å². The predicted octanol–water partition coefficient (Wildman–Crippen LogP) is 2.79. The first-order valence-corrected chi connectivity index (χ1v) is 8.99. The van der Waals surface area contributed by atoms with E-state index in [0.29, 0.717) is 30.7 Å². The lowest BCUT2D eigenvalue weighted by Crippen LogP contribution is -2.44. The van der Waals surface area contributed by atoms with Gasteiger partial charge in [-0.05, 0) is 25.5 Å². The summed E-state index contributed by atoms with van der Waals surface area (Å²) in [6, 6.07) is 12.0. The predicted molar refractivity (Wildman–Crippen MR) is 93.9 cm³/mol. The molecule has 2 aromatic rings. The van der Waals surface area contributed by atoms with Crippen molar-refractivity contribution in [2.24, 2.45) is 0 Å². The molecule has 1 aliphatic rings. The Hall–Kier alpha value is -1.92. The average Bonchev–Trinajstić information content (AvgIpc) is 2.60. The van der Waals surface area contributed by atoms with E-state index in [4.69, 9.17) is 4.74 Å². The van der Waals surface area contributed by atoms with Crippen molar-refractivity contribution in [2.45, 2.75) is 25.0 Å². The van der Waals surface area contributed by atoms with Crippen molar-refractivity contribution in [2.75, 3.05) is 25.5 Å². The third kappa shape index (κ3) is 4.13. The number of nitrogens with zero attached hydrogens (tertiary/aromatic N) is 3. The number of carbonyl (C=O) groups excluding carboxylic acids is 1. The molecule has 0 bridgehead atoms. The smallest absolute Gasteiger partial charge is 0.233 e. The molecule has 0 radical (unpaired) electrons. The first-order valence-electron chi connectivity index (χ1n) is 8.01. The third-order valence-electron chi connectivity index (χ3n) is 3.92. The fraction of sp³-hybridized carbons (Fsp3) is 0.389. The number of thioether (sulfide) groups is 1. The van der Waals surface area contributed by atoms with E-state index in [1.165, 1.54) is 11.8 Å². The van der Waals surface area contributed by atoms with E-state index in [9.17, 15) is 4.79 Å². The first-order chi connectivity index (χ1) is 11.6. The highest BCUT2D eigenvalue weighted by Gasteiger charge is 2.28. The summed E-state index contributed by atoms with van der Waals surface area (Å²) in [5, 5.41) is 0.658. The lowest BCUT2D eigenvalue weighted by molar-refractivity contribution is -0.137. The summed E-state index contributed by atoms with van der Waals surface area (Å²) in [7, 11) is 0. The maximum atomic E-state index is 12.7. The minimum atomic E-state index is -0.0202. The van der Waals surface area contributed by atoms with E-state index in [-0.39, 0.29) is 11.9 Å². The number of hydrogen-bond acceptors (Lipinski definition) is 5. The van der Waals surface area contributed by atoms with Crippen molar-refractivity contribution in [1.29, 1.82) is 0 Å². The zero-order valence-corrected chi connectivity index (χ0v) is 14.8. The van der Waals surface area contributed by atoms with Gasteiger partial charge in [-0.25, -0.2) is 9.97 Å². The lowest BCUT2D eigenvalue weighted by atomic mass is 10.1. The fourth-order valence-electron chi connectivity index (χ4n) is 2.82. The largest absolute Gasteiger partial charge is 0.377 e. The molecule has 3 rings (SSSR count). The Bertz CT molecular complexity index is 688. The highest BCUT2D eigenvalue weighted by molar-refractivity contribution is 7.99. The van der Waals surface area contributed by atoms with Gasteiger partial charge in [0.2, 0.25) is 5.91 Å². The highest BCUT2D eigenvalue weighted by atomic mass is 32.2.